The van der Waals surface area contributed by atoms with E-state index >= 15 is 0 Å². The molecule has 1 aromatic rings. The van der Waals surface area contributed by atoms with Gasteiger partial charge in [0.2, 0.25) is 11.8 Å². The Hall–Kier alpha value is -1.92. The third-order valence-electron chi connectivity index (χ3n) is 1.86. The van der Waals surface area contributed by atoms with Gasteiger partial charge in [0.15, 0.2) is 5.82 Å². The Morgan fingerprint density at radius 2 is 2.18 bits per heavy atom. The number of nitrogens with one attached hydrogen (secondary N) is 2. The second kappa shape index (κ2) is 5.97. The Balaban J connectivity index is 2.43. The zero-order chi connectivity index (χ0) is 12.8. The van der Waals surface area contributed by atoms with Crippen LogP contribution in [0, 0.1) is 5.92 Å². The van der Waals surface area contributed by atoms with Crippen LogP contribution in [-0.4, -0.2) is 33.4 Å². The van der Waals surface area contributed by atoms with Crippen LogP contribution in [0.4, 0.5) is 5.82 Å². The molecule has 0 atom stereocenters. The van der Waals surface area contributed by atoms with Gasteiger partial charge in [-0.05, 0) is 5.92 Å². The summed E-state index contributed by atoms with van der Waals surface area (Å²) in [6, 6.07) is 0. The van der Waals surface area contributed by atoms with Crippen molar-refractivity contribution in [2.75, 3.05) is 11.9 Å². The fraction of sp³-hybridized carbons (Fsp3) is 0.600. The van der Waals surface area contributed by atoms with E-state index < -0.39 is 0 Å². The molecule has 0 aliphatic carbocycles. The molecule has 1 heterocycles. The van der Waals surface area contributed by atoms with Gasteiger partial charge in [0, 0.05) is 13.5 Å². The number of rotatable bonds is 5. The van der Waals surface area contributed by atoms with Crippen LogP contribution >= 0.6 is 0 Å². The molecule has 94 valence electrons. The number of hydrogen-bond donors (Lipinski definition) is 2. The summed E-state index contributed by atoms with van der Waals surface area (Å²) in [6.45, 7) is 6.15. The number of hydrogen-bond acceptors (Lipinski definition) is 4. The zero-order valence-corrected chi connectivity index (χ0v) is 10.2. The molecule has 7 heteroatoms. The van der Waals surface area contributed by atoms with Gasteiger partial charge in [-0.15, -0.1) is 5.10 Å². The number of nitrogens with zero attached hydrogens (tertiary/aromatic N) is 3. The van der Waals surface area contributed by atoms with Crippen molar-refractivity contribution in [1.82, 2.24) is 20.3 Å². The lowest BCUT2D eigenvalue weighted by Gasteiger charge is -2.06. The molecule has 1 rings (SSSR count). The molecule has 0 saturated carbocycles. The Morgan fingerprint density at radius 3 is 2.76 bits per heavy atom. The molecule has 0 saturated heterocycles. The van der Waals surface area contributed by atoms with Crippen LogP contribution in [0.3, 0.4) is 0 Å². The smallest absolute Gasteiger partial charge is 0.241 e. The third-order valence-corrected chi connectivity index (χ3v) is 1.86. The maximum absolute atomic E-state index is 11.5. The maximum atomic E-state index is 11.5. The van der Waals surface area contributed by atoms with Crippen molar-refractivity contribution in [1.29, 1.82) is 0 Å². The van der Waals surface area contributed by atoms with Crippen LogP contribution in [0.2, 0.25) is 0 Å². The van der Waals surface area contributed by atoms with Gasteiger partial charge < -0.3 is 10.6 Å². The largest absolute Gasteiger partial charge is 0.354 e. The first-order valence-electron chi connectivity index (χ1n) is 5.42. The average molecular weight is 239 g/mol. The SMILES string of the molecule is CC(=O)Nc1cn(CC(=O)NCC(C)C)nn1. The predicted octanol–water partition coefficient (Wildman–Crippen LogP) is 0.00870. The van der Waals surface area contributed by atoms with E-state index in [1.807, 2.05) is 13.8 Å². The number of anilines is 1. The first kappa shape index (κ1) is 13.1. The van der Waals surface area contributed by atoms with Gasteiger partial charge in [-0.1, -0.05) is 19.1 Å². The van der Waals surface area contributed by atoms with Crippen LogP contribution in [-0.2, 0) is 16.1 Å². The highest BCUT2D eigenvalue weighted by Crippen LogP contribution is 1.99. The Kier molecular flexibility index (Phi) is 4.62. The molecule has 0 unspecified atom stereocenters. The van der Waals surface area contributed by atoms with Gasteiger partial charge in [-0.25, -0.2) is 4.68 Å². The Morgan fingerprint density at radius 1 is 1.47 bits per heavy atom. The second-order valence-electron chi connectivity index (χ2n) is 4.18. The maximum Gasteiger partial charge on any atom is 0.241 e. The summed E-state index contributed by atoms with van der Waals surface area (Å²) >= 11 is 0. The molecule has 0 radical (unpaired) electrons. The van der Waals surface area contributed by atoms with E-state index in [0.717, 1.165) is 0 Å². The van der Waals surface area contributed by atoms with Crippen molar-refractivity contribution in [3.05, 3.63) is 6.20 Å². The second-order valence-corrected chi connectivity index (χ2v) is 4.18. The normalized spacial score (nSPS) is 10.4. The lowest BCUT2D eigenvalue weighted by Crippen LogP contribution is -2.30. The van der Waals surface area contributed by atoms with E-state index in [9.17, 15) is 9.59 Å². The molecule has 0 aliphatic heterocycles. The zero-order valence-electron chi connectivity index (χ0n) is 10.2. The van der Waals surface area contributed by atoms with Gasteiger partial charge in [-0.3, -0.25) is 9.59 Å². The van der Waals surface area contributed by atoms with E-state index in [1.54, 1.807) is 0 Å². The minimum absolute atomic E-state index is 0.0965. The highest BCUT2D eigenvalue weighted by atomic mass is 16.2. The van der Waals surface area contributed by atoms with Crippen molar-refractivity contribution in [2.24, 2.45) is 5.92 Å². The number of carbonyl (C=O) groups excluding carboxylic acids is 2. The van der Waals surface area contributed by atoms with Crippen LogP contribution in [0.15, 0.2) is 6.20 Å². The monoisotopic (exact) mass is 239 g/mol. The van der Waals surface area contributed by atoms with Gasteiger partial charge in [-0.2, -0.15) is 0 Å². The number of amides is 2. The quantitative estimate of drug-likeness (QED) is 0.757. The summed E-state index contributed by atoms with van der Waals surface area (Å²) in [6.07, 6.45) is 1.51. The Bertz CT molecular complexity index is 399. The summed E-state index contributed by atoms with van der Waals surface area (Å²) in [5.41, 5.74) is 0. The molecule has 0 spiro atoms. The van der Waals surface area contributed by atoms with Crippen molar-refractivity contribution in [3.63, 3.8) is 0 Å². The van der Waals surface area contributed by atoms with Crippen LogP contribution in [0.5, 0.6) is 0 Å². The molecule has 17 heavy (non-hydrogen) atoms. The summed E-state index contributed by atoms with van der Waals surface area (Å²) in [4.78, 5) is 22.2. The predicted molar refractivity (Wildman–Crippen MR) is 62.2 cm³/mol. The fourth-order valence-electron chi connectivity index (χ4n) is 1.13. The van der Waals surface area contributed by atoms with Gasteiger partial charge in [0.05, 0.1) is 6.20 Å². The van der Waals surface area contributed by atoms with Crippen molar-refractivity contribution in [2.45, 2.75) is 27.3 Å². The molecule has 0 fully saturated rings. The first-order valence-corrected chi connectivity index (χ1v) is 5.42. The van der Waals surface area contributed by atoms with Crippen LogP contribution in [0.1, 0.15) is 20.8 Å². The molecule has 2 N–H and O–H groups in total. The molecular formula is C10H17N5O2. The summed E-state index contributed by atoms with van der Waals surface area (Å²) in [7, 11) is 0. The first-order chi connectivity index (χ1) is 7.97. The molecule has 2 amide bonds. The van der Waals surface area contributed by atoms with E-state index in [2.05, 4.69) is 20.9 Å². The lowest BCUT2D eigenvalue weighted by atomic mass is 10.2. The van der Waals surface area contributed by atoms with Gasteiger partial charge in [0.25, 0.3) is 0 Å². The molecule has 0 aliphatic rings. The number of aromatic nitrogens is 3. The molecule has 1 aromatic heterocycles. The van der Waals surface area contributed by atoms with Crippen molar-refractivity contribution >= 4 is 17.6 Å². The van der Waals surface area contributed by atoms with Crippen LogP contribution < -0.4 is 10.6 Å². The van der Waals surface area contributed by atoms with Crippen molar-refractivity contribution < 1.29 is 9.59 Å². The van der Waals surface area contributed by atoms with Gasteiger partial charge in [0.1, 0.15) is 6.54 Å². The minimum Gasteiger partial charge on any atom is -0.354 e. The lowest BCUT2D eigenvalue weighted by molar-refractivity contribution is -0.122. The highest BCUT2D eigenvalue weighted by Gasteiger charge is 2.06. The summed E-state index contributed by atoms with van der Waals surface area (Å²) in [5, 5.41) is 12.7. The van der Waals surface area contributed by atoms with E-state index in [0.29, 0.717) is 18.3 Å². The standard InChI is InChI=1S/C10H17N5O2/c1-7(2)4-11-10(17)6-15-5-9(13-14-15)12-8(3)16/h5,7H,4,6H2,1-3H3,(H,11,17)(H,12,16). The molecule has 7 nitrogen and oxygen atoms in total. The van der Waals surface area contributed by atoms with E-state index in [1.165, 1.54) is 17.8 Å². The highest BCUT2D eigenvalue weighted by molar-refractivity contribution is 5.87. The number of carbonyl (C=O) groups is 2. The van der Waals surface area contributed by atoms with Gasteiger partial charge >= 0.3 is 0 Å². The van der Waals surface area contributed by atoms with E-state index in [-0.39, 0.29) is 18.4 Å². The molecule has 0 bridgehead atoms. The molecular weight excluding hydrogens is 222 g/mol. The minimum atomic E-state index is -0.221. The Labute approximate surface area is 99.6 Å². The summed E-state index contributed by atoms with van der Waals surface area (Å²) in [5.74, 6) is 0.401. The topological polar surface area (TPSA) is 88.9 Å². The fourth-order valence-corrected chi connectivity index (χ4v) is 1.13. The molecule has 0 aromatic carbocycles. The van der Waals surface area contributed by atoms with Crippen LogP contribution in [0.25, 0.3) is 0 Å². The third kappa shape index (κ3) is 5.10. The average Bonchev–Trinajstić information content (AvgIpc) is 2.61. The van der Waals surface area contributed by atoms with E-state index in [4.69, 9.17) is 0 Å². The van der Waals surface area contributed by atoms with Crippen molar-refractivity contribution in [3.8, 4) is 0 Å². The summed E-state index contributed by atoms with van der Waals surface area (Å²) < 4.78 is 1.38.